The number of hydrogen-bond donors (Lipinski definition) is 1. The van der Waals surface area contributed by atoms with Gasteiger partial charge in [0.2, 0.25) is 0 Å². The molecule has 0 aliphatic heterocycles. The first-order chi connectivity index (χ1) is 13.6. The second-order valence-electron chi connectivity index (χ2n) is 6.92. The van der Waals surface area contributed by atoms with E-state index in [0.717, 1.165) is 46.3 Å². The number of nitrogens with zero attached hydrogens (tertiary/aromatic N) is 2. The van der Waals surface area contributed by atoms with Crippen LogP contribution in [-0.4, -0.2) is 16.5 Å². The summed E-state index contributed by atoms with van der Waals surface area (Å²) >= 11 is 7.72. The van der Waals surface area contributed by atoms with E-state index in [0.29, 0.717) is 0 Å². The fourth-order valence-electron chi connectivity index (χ4n) is 3.26. The molecule has 1 N–H and O–H groups in total. The van der Waals surface area contributed by atoms with Gasteiger partial charge >= 0.3 is 0 Å². The van der Waals surface area contributed by atoms with Gasteiger partial charge < -0.3 is 5.32 Å². The first-order valence-corrected chi connectivity index (χ1v) is 10.6. The molecule has 3 nitrogen and oxygen atoms in total. The van der Waals surface area contributed by atoms with Crippen molar-refractivity contribution in [1.29, 1.82) is 0 Å². The lowest BCUT2D eigenvalue weighted by Gasteiger charge is -2.10. The number of anilines is 1. The number of hydrogen-bond acceptors (Lipinski definition) is 4. The smallest absolute Gasteiger partial charge is 0.138 e. The summed E-state index contributed by atoms with van der Waals surface area (Å²) in [5.74, 6) is 1.79. The predicted molar refractivity (Wildman–Crippen MR) is 120 cm³/mol. The molecule has 0 saturated carbocycles. The van der Waals surface area contributed by atoms with Gasteiger partial charge in [-0.25, -0.2) is 9.97 Å². The number of benzene rings is 2. The predicted octanol–water partition coefficient (Wildman–Crippen LogP) is 6.21. The Labute approximate surface area is 174 Å². The van der Waals surface area contributed by atoms with E-state index < -0.39 is 0 Å². The molecule has 0 aliphatic rings. The maximum Gasteiger partial charge on any atom is 0.138 e. The maximum atomic E-state index is 5.98. The third kappa shape index (κ3) is 4.18. The Morgan fingerprint density at radius 1 is 0.929 bits per heavy atom. The summed E-state index contributed by atoms with van der Waals surface area (Å²) in [4.78, 5) is 12.1. The van der Waals surface area contributed by atoms with E-state index in [1.807, 2.05) is 18.2 Å². The molecule has 2 aromatic carbocycles. The number of aromatic nitrogens is 2. The first kappa shape index (κ1) is 18.9. The number of rotatable bonds is 6. The van der Waals surface area contributed by atoms with Crippen molar-refractivity contribution in [3.8, 4) is 0 Å². The molecular weight excluding hydrogens is 386 g/mol. The van der Waals surface area contributed by atoms with E-state index in [1.54, 1.807) is 11.3 Å². The Bertz CT molecular complexity index is 1090. The molecule has 142 valence electrons. The molecule has 2 aromatic heterocycles. The van der Waals surface area contributed by atoms with Crippen LogP contribution >= 0.6 is 22.9 Å². The molecule has 0 radical (unpaired) electrons. The van der Waals surface area contributed by atoms with Crippen LogP contribution in [0.1, 0.15) is 27.4 Å². The maximum absolute atomic E-state index is 5.98. The summed E-state index contributed by atoms with van der Waals surface area (Å²) < 4.78 is 0. The van der Waals surface area contributed by atoms with E-state index in [-0.39, 0.29) is 0 Å². The van der Waals surface area contributed by atoms with Crippen molar-refractivity contribution in [2.24, 2.45) is 0 Å². The van der Waals surface area contributed by atoms with Gasteiger partial charge in [0.15, 0.2) is 0 Å². The minimum Gasteiger partial charge on any atom is -0.369 e. The van der Waals surface area contributed by atoms with Crippen LogP contribution in [0.2, 0.25) is 5.02 Å². The standard InChI is InChI=1S/C23H22ClN3S/c1-15-16(2)28-23-21(15)22(25-13-12-17-8-10-19(24)11-9-17)26-20(27-23)14-18-6-4-3-5-7-18/h3-11H,12-14H2,1-2H3,(H,25,26,27). The minimum absolute atomic E-state index is 0.735. The molecule has 0 spiro atoms. The third-order valence-corrected chi connectivity index (χ3v) is 6.25. The SMILES string of the molecule is Cc1sc2nc(Cc3ccccc3)nc(NCCc3ccc(Cl)cc3)c2c1C. The van der Waals surface area contributed by atoms with Crippen molar-refractivity contribution >= 4 is 39.0 Å². The zero-order valence-corrected chi connectivity index (χ0v) is 17.6. The molecule has 0 unspecified atom stereocenters. The molecule has 28 heavy (non-hydrogen) atoms. The Hall–Kier alpha value is -2.43. The van der Waals surface area contributed by atoms with Gasteiger partial charge in [0, 0.05) is 22.9 Å². The van der Waals surface area contributed by atoms with Crippen molar-refractivity contribution in [2.75, 3.05) is 11.9 Å². The largest absolute Gasteiger partial charge is 0.369 e. The van der Waals surface area contributed by atoms with Gasteiger partial charge in [0.1, 0.15) is 16.5 Å². The van der Waals surface area contributed by atoms with E-state index >= 15 is 0 Å². The molecule has 0 bridgehead atoms. The molecule has 0 fully saturated rings. The molecule has 0 saturated heterocycles. The molecular formula is C23H22ClN3S. The second-order valence-corrected chi connectivity index (χ2v) is 8.56. The van der Waals surface area contributed by atoms with Crippen LogP contribution in [0.15, 0.2) is 54.6 Å². The fourth-order valence-corrected chi connectivity index (χ4v) is 4.43. The normalized spacial score (nSPS) is 11.1. The summed E-state index contributed by atoms with van der Waals surface area (Å²) in [6.07, 6.45) is 1.65. The Morgan fingerprint density at radius 2 is 1.68 bits per heavy atom. The highest BCUT2D eigenvalue weighted by Crippen LogP contribution is 2.33. The van der Waals surface area contributed by atoms with E-state index in [9.17, 15) is 0 Å². The topological polar surface area (TPSA) is 37.8 Å². The van der Waals surface area contributed by atoms with Gasteiger partial charge in [-0.3, -0.25) is 0 Å². The highest BCUT2D eigenvalue weighted by atomic mass is 35.5. The average molecular weight is 408 g/mol. The van der Waals surface area contributed by atoms with Crippen LogP contribution in [0, 0.1) is 13.8 Å². The monoisotopic (exact) mass is 407 g/mol. The average Bonchev–Trinajstić information content (AvgIpc) is 2.98. The minimum atomic E-state index is 0.735. The summed E-state index contributed by atoms with van der Waals surface area (Å²) in [6, 6.07) is 18.4. The quantitative estimate of drug-likeness (QED) is 0.413. The third-order valence-electron chi connectivity index (χ3n) is 4.90. The van der Waals surface area contributed by atoms with Gasteiger partial charge in [-0.05, 0) is 49.1 Å². The highest BCUT2D eigenvalue weighted by molar-refractivity contribution is 7.18. The van der Waals surface area contributed by atoms with Crippen LogP contribution in [-0.2, 0) is 12.8 Å². The van der Waals surface area contributed by atoms with Crippen LogP contribution in [0.4, 0.5) is 5.82 Å². The lowest BCUT2D eigenvalue weighted by Crippen LogP contribution is -2.09. The first-order valence-electron chi connectivity index (χ1n) is 9.39. The zero-order chi connectivity index (χ0) is 19.5. The molecule has 0 aliphatic carbocycles. The van der Waals surface area contributed by atoms with Gasteiger partial charge in [-0.2, -0.15) is 0 Å². The Morgan fingerprint density at radius 3 is 2.43 bits per heavy atom. The molecule has 2 heterocycles. The number of aryl methyl sites for hydroxylation is 2. The van der Waals surface area contributed by atoms with Crippen molar-refractivity contribution in [2.45, 2.75) is 26.7 Å². The summed E-state index contributed by atoms with van der Waals surface area (Å²) in [5.41, 5.74) is 3.74. The van der Waals surface area contributed by atoms with Crippen LogP contribution in [0.25, 0.3) is 10.2 Å². The summed E-state index contributed by atoms with van der Waals surface area (Å²) in [6.45, 7) is 5.11. The lowest BCUT2D eigenvalue weighted by atomic mass is 10.1. The number of fused-ring (bicyclic) bond motifs is 1. The van der Waals surface area contributed by atoms with Gasteiger partial charge in [-0.1, -0.05) is 54.1 Å². The Balaban J connectivity index is 1.60. The van der Waals surface area contributed by atoms with E-state index in [4.69, 9.17) is 21.6 Å². The van der Waals surface area contributed by atoms with Crippen LogP contribution < -0.4 is 5.32 Å². The highest BCUT2D eigenvalue weighted by Gasteiger charge is 2.14. The van der Waals surface area contributed by atoms with Crippen molar-refractivity contribution in [3.63, 3.8) is 0 Å². The van der Waals surface area contributed by atoms with Crippen molar-refractivity contribution in [3.05, 3.63) is 87.0 Å². The summed E-state index contributed by atoms with van der Waals surface area (Å²) in [7, 11) is 0. The molecule has 0 atom stereocenters. The molecule has 0 amide bonds. The summed E-state index contributed by atoms with van der Waals surface area (Å²) in [5, 5.41) is 5.47. The molecule has 4 aromatic rings. The number of nitrogens with one attached hydrogen (secondary N) is 1. The molecule has 4 rings (SSSR count). The Kier molecular flexibility index (Phi) is 5.60. The van der Waals surface area contributed by atoms with Crippen molar-refractivity contribution < 1.29 is 0 Å². The fraction of sp³-hybridized carbons (Fsp3) is 0.217. The number of thiophene rings is 1. The van der Waals surface area contributed by atoms with E-state index in [2.05, 4.69) is 55.6 Å². The zero-order valence-electron chi connectivity index (χ0n) is 16.0. The number of halogens is 1. The van der Waals surface area contributed by atoms with Gasteiger partial charge in [0.05, 0.1) is 5.39 Å². The molecule has 5 heteroatoms. The van der Waals surface area contributed by atoms with Crippen molar-refractivity contribution in [1.82, 2.24) is 9.97 Å². The van der Waals surface area contributed by atoms with E-state index in [1.165, 1.54) is 21.6 Å². The van der Waals surface area contributed by atoms with Gasteiger partial charge in [-0.15, -0.1) is 11.3 Å². The van der Waals surface area contributed by atoms with Crippen LogP contribution in [0.5, 0.6) is 0 Å². The van der Waals surface area contributed by atoms with Crippen LogP contribution in [0.3, 0.4) is 0 Å². The lowest BCUT2D eigenvalue weighted by molar-refractivity contribution is 0.966. The second kappa shape index (κ2) is 8.29. The van der Waals surface area contributed by atoms with Gasteiger partial charge in [0.25, 0.3) is 0 Å².